The number of benzene rings is 1. The number of carbonyl (C=O) groups is 2. The van der Waals surface area contributed by atoms with E-state index in [0.717, 1.165) is 49.8 Å². The van der Waals surface area contributed by atoms with Crippen LogP contribution >= 0.6 is 0 Å². The molecule has 1 atom stereocenters. The van der Waals surface area contributed by atoms with Crippen molar-refractivity contribution in [2.75, 3.05) is 6.54 Å². The van der Waals surface area contributed by atoms with Gasteiger partial charge >= 0.3 is 0 Å². The second-order valence-electron chi connectivity index (χ2n) is 5.45. The van der Waals surface area contributed by atoms with E-state index in [9.17, 15) is 9.59 Å². The first-order chi connectivity index (χ1) is 9.75. The van der Waals surface area contributed by atoms with Crippen LogP contribution in [-0.2, 0) is 11.2 Å². The summed E-state index contributed by atoms with van der Waals surface area (Å²) in [4.78, 5) is 23.9. The van der Waals surface area contributed by atoms with Gasteiger partial charge in [-0.15, -0.1) is 0 Å². The first-order valence-corrected chi connectivity index (χ1v) is 7.35. The maximum Gasteiger partial charge on any atom is 0.261 e. The number of hydrogen-bond donors (Lipinski definition) is 1. The molecule has 1 unspecified atom stereocenters. The number of Topliss-reactive ketones (excluding diaryl/α,β-unsaturated/α-hetero) is 1. The van der Waals surface area contributed by atoms with Gasteiger partial charge in [0.15, 0.2) is 11.9 Å². The highest BCUT2D eigenvalue weighted by Crippen LogP contribution is 2.30. The van der Waals surface area contributed by atoms with Crippen molar-refractivity contribution in [3.63, 3.8) is 0 Å². The molecule has 1 heterocycles. The van der Waals surface area contributed by atoms with Crippen LogP contribution in [0.2, 0.25) is 0 Å². The van der Waals surface area contributed by atoms with E-state index in [2.05, 4.69) is 5.32 Å². The molecule has 1 aromatic carbocycles. The standard InChI is InChI=1S/C16H19NO3/c18-13-7-3-6-12-11(13)5-4-9-14(12)20-15-8-1-2-10-17-16(15)19/h4-5,9,15H,1-3,6-8,10H2,(H,17,19). The molecular formula is C16H19NO3. The van der Waals surface area contributed by atoms with E-state index in [4.69, 9.17) is 4.74 Å². The molecule has 1 N–H and O–H groups in total. The smallest absolute Gasteiger partial charge is 0.261 e. The van der Waals surface area contributed by atoms with Gasteiger partial charge in [0.25, 0.3) is 5.91 Å². The number of nitrogens with one attached hydrogen (secondary N) is 1. The first kappa shape index (κ1) is 13.2. The summed E-state index contributed by atoms with van der Waals surface area (Å²) in [5.41, 5.74) is 1.74. The van der Waals surface area contributed by atoms with E-state index < -0.39 is 6.10 Å². The first-order valence-electron chi connectivity index (χ1n) is 7.35. The zero-order valence-corrected chi connectivity index (χ0v) is 11.5. The van der Waals surface area contributed by atoms with Gasteiger partial charge in [0, 0.05) is 24.1 Å². The Kier molecular flexibility index (Phi) is 3.72. The number of amides is 1. The molecule has 3 rings (SSSR count). The molecule has 0 spiro atoms. The Morgan fingerprint density at radius 1 is 1.10 bits per heavy atom. The lowest BCUT2D eigenvalue weighted by molar-refractivity contribution is -0.127. The van der Waals surface area contributed by atoms with Gasteiger partial charge in [0.05, 0.1) is 0 Å². The van der Waals surface area contributed by atoms with Gasteiger partial charge in [-0.1, -0.05) is 12.1 Å². The fourth-order valence-electron chi connectivity index (χ4n) is 2.93. The number of rotatable bonds is 2. The molecule has 106 valence electrons. The number of carbonyl (C=O) groups excluding carboxylic acids is 2. The molecule has 2 aliphatic rings. The van der Waals surface area contributed by atoms with E-state index in [0.29, 0.717) is 12.2 Å². The fraction of sp³-hybridized carbons (Fsp3) is 0.500. The van der Waals surface area contributed by atoms with Crippen molar-refractivity contribution < 1.29 is 14.3 Å². The maximum absolute atomic E-state index is 11.9. The molecule has 4 heteroatoms. The van der Waals surface area contributed by atoms with Crippen LogP contribution < -0.4 is 10.1 Å². The van der Waals surface area contributed by atoms with Gasteiger partial charge in [-0.05, 0) is 38.2 Å². The summed E-state index contributed by atoms with van der Waals surface area (Å²) < 4.78 is 5.93. The average Bonchev–Trinajstić information content (AvgIpc) is 2.65. The van der Waals surface area contributed by atoms with Crippen LogP contribution in [0, 0.1) is 0 Å². The number of fused-ring (bicyclic) bond motifs is 1. The summed E-state index contributed by atoms with van der Waals surface area (Å²) in [5, 5.41) is 2.87. The highest BCUT2D eigenvalue weighted by Gasteiger charge is 2.26. The minimum Gasteiger partial charge on any atom is -0.480 e. The maximum atomic E-state index is 11.9. The van der Waals surface area contributed by atoms with Crippen molar-refractivity contribution in [1.29, 1.82) is 0 Å². The van der Waals surface area contributed by atoms with Crippen LogP contribution in [0.4, 0.5) is 0 Å². The van der Waals surface area contributed by atoms with Gasteiger partial charge < -0.3 is 10.1 Å². The summed E-state index contributed by atoms with van der Waals surface area (Å²) in [6, 6.07) is 5.57. The molecule has 1 saturated heterocycles. The minimum atomic E-state index is -0.430. The third-order valence-electron chi connectivity index (χ3n) is 4.02. The highest BCUT2D eigenvalue weighted by atomic mass is 16.5. The topological polar surface area (TPSA) is 55.4 Å². The third-order valence-corrected chi connectivity index (χ3v) is 4.02. The summed E-state index contributed by atoms with van der Waals surface area (Å²) in [6.45, 7) is 0.726. The van der Waals surface area contributed by atoms with Crippen molar-refractivity contribution in [2.24, 2.45) is 0 Å². The Bertz CT molecular complexity index is 539. The molecule has 20 heavy (non-hydrogen) atoms. The lowest BCUT2D eigenvalue weighted by Gasteiger charge is -2.22. The summed E-state index contributed by atoms with van der Waals surface area (Å²) >= 11 is 0. The second-order valence-corrected chi connectivity index (χ2v) is 5.45. The average molecular weight is 273 g/mol. The zero-order valence-electron chi connectivity index (χ0n) is 11.5. The molecule has 1 aromatic rings. The van der Waals surface area contributed by atoms with Crippen molar-refractivity contribution >= 4 is 11.7 Å². The van der Waals surface area contributed by atoms with Gasteiger partial charge in [-0.25, -0.2) is 0 Å². The van der Waals surface area contributed by atoms with Gasteiger partial charge in [0.1, 0.15) is 5.75 Å². The monoisotopic (exact) mass is 273 g/mol. The minimum absolute atomic E-state index is 0.0396. The largest absolute Gasteiger partial charge is 0.480 e. The Labute approximate surface area is 118 Å². The molecule has 4 nitrogen and oxygen atoms in total. The Balaban J connectivity index is 1.85. The van der Waals surface area contributed by atoms with E-state index in [1.807, 2.05) is 18.2 Å². The number of ether oxygens (including phenoxy) is 1. The Morgan fingerprint density at radius 3 is 2.90 bits per heavy atom. The summed E-state index contributed by atoms with van der Waals surface area (Å²) in [5.74, 6) is 0.849. The summed E-state index contributed by atoms with van der Waals surface area (Å²) in [7, 11) is 0. The van der Waals surface area contributed by atoms with Crippen LogP contribution in [-0.4, -0.2) is 24.3 Å². The van der Waals surface area contributed by atoms with Gasteiger partial charge in [-0.2, -0.15) is 0 Å². The molecule has 1 fully saturated rings. The SMILES string of the molecule is O=C1CCCc2c(OC3CCCCNC3=O)cccc21. The van der Waals surface area contributed by atoms with Gasteiger partial charge in [0.2, 0.25) is 0 Å². The van der Waals surface area contributed by atoms with Crippen LogP contribution in [0.25, 0.3) is 0 Å². The third kappa shape index (κ3) is 2.55. The number of hydrogen-bond acceptors (Lipinski definition) is 3. The molecule has 1 aliphatic carbocycles. The van der Waals surface area contributed by atoms with Crippen LogP contribution in [0.5, 0.6) is 5.75 Å². The lowest BCUT2D eigenvalue weighted by Crippen LogP contribution is -2.36. The molecule has 1 aliphatic heterocycles. The van der Waals surface area contributed by atoms with Gasteiger partial charge in [-0.3, -0.25) is 9.59 Å². The van der Waals surface area contributed by atoms with E-state index in [1.165, 1.54) is 0 Å². The molecule has 0 bridgehead atoms. The predicted molar refractivity (Wildman–Crippen MR) is 75.0 cm³/mol. The van der Waals surface area contributed by atoms with Crippen molar-refractivity contribution in [3.8, 4) is 5.75 Å². The normalized spacial score (nSPS) is 22.7. The zero-order chi connectivity index (χ0) is 13.9. The predicted octanol–water partition coefficient (Wildman–Crippen LogP) is 2.25. The molecular weight excluding hydrogens is 254 g/mol. The number of ketones is 1. The van der Waals surface area contributed by atoms with Crippen molar-refractivity contribution in [3.05, 3.63) is 29.3 Å². The molecule has 1 amide bonds. The summed E-state index contributed by atoms with van der Waals surface area (Å²) in [6.07, 6.45) is 4.62. The fourth-order valence-corrected chi connectivity index (χ4v) is 2.93. The molecule has 0 saturated carbocycles. The highest BCUT2D eigenvalue weighted by molar-refractivity contribution is 5.99. The quantitative estimate of drug-likeness (QED) is 0.899. The van der Waals surface area contributed by atoms with Crippen LogP contribution in [0.3, 0.4) is 0 Å². The Hall–Kier alpha value is -1.84. The van der Waals surface area contributed by atoms with E-state index >= 15 is 0 Å². The van der Waals surface area contributed by atoms with Crippen LogP contribution in [0.15, 0.2) is 18.2 Å². The Morgan fingerprint density at radius 2 is 2.00 bits per heavy atom. The lowest BCUT2D eigenvalue weighted by atomic mass is 9.90. The van der Waals surface area contributed by atoms with Crippen LogP contribution in [0.1, 0.15) is 48.0 Å². The second kappa shape index (κ2) is 5.65. The van der Waals surface area contributed by atoms with E-state index in [1.54, 1.807) is 0 Å². The van der Waals surface area contributed by atoms with Crippen molar-refractivity contribution in [2.45, 2.75) is 44.6 Å². The van der Waals surface area contributed by atoms with Crippen molar-refractivity contribution in [1.82, 2.24) is 5.32 Å². The molecule has 0 radical (unpaired) electrons. The van der Waals surface area contributed by atoms with E-state index in [-0.39, 0.29) is 11.7 Å². The molecule has 0 aromatic heterocycles.